The largest absolute Gasteiger partial charge is 0.393 e. The monoisotopic (exact) mass is 584 g/mol. The van der Waals surface area contributed by atoms with E-state index < -0.39 is 0 Å². The van der Waals surface area contributed by atoms with Crippen LogP contribution in [0.1, 0.15) is 57.8 Å². The number of pyridine rings is 1. The van der Waals surface area contributed by atoms with Crippen LogP contribution in [0, 0.1) is 6.92 Å². The van der Waals surface area contributed by atoms with Crippen LogP contribution in [-0.4, -0.2) is 45.0 Å². The number of carbonyl (C=O) groups is 1. The van der Waals surface area contributed by atoms with E-state index in [0.717, 1.165) is 59.0 Å². The summed E-state index contributed by atoms with van der Waals surface area (Å²) in [5, 5.41) is 24.7. The fourth-order valence-electron chi connectivity index (χ4n) is 5.79. The summed E-state index contributed by atoms with van der Waals surface area (Å²) in [6, 6.07) is 13.4. The first-order chi connectivity index (χ1) is 20.4. The number of fused-ring (bicyclic) bond motifs is 1. The second-order valence-corrected chi connectivity index (χ2v) is 12.4. The fourth-order valence-corrected chi connectivity index (χ4v) is 6.94. The van der Waals surface area contributed by atoms with E-state index in [1.165, 1.54) is 29.7 Å². The number of aliphatic hydroxyl groups is 1. The molecule has 0 spiro atoms. The Labute approximate surface area is 249 Å². The van der Waals surface area contributed by atoms with Gasteiger partial charge in [-0.25, -0.2) is 0 Å². The molecule has 1 aliphatic carbocycles. The standard InChI is InChI=1S/C32H36N6O3S/c1-20-24(8-6-9-25(20)34-31(40)28-18-21-7-4-3-5-10-27(21)42-28)22-17-26(32(41)37(2)19-22)33-29-11-12-30(36-35-29)38-15-13-23(39)14-16-38/h6,8-9,11-12,17-19,23,39H,3-5,7,10,13-16H2,1-2H3,(H,33,35)(H,34,40). The number of nitrogens with zero attached hydrogens (tertiary/aromatic N) is 4. The zero-order chi connectivity index (χ0) is 29.2. The van der Waals surface area contributed by atoms with Crippen LogP contribution < -0.4 is 21.1 Å². The minimum Gasteiger partial charge on any atom is -0.393 e. The number of benzene rings is 1. The summed E-state index contributed by atoms with van der Waals surface area (Å²) < 4.78 is 1.54. The summed E-state index contributed by atoms with van der Waals surface area (Å²) in [6.45, 7) is 3.45. The number of aliphatic hydroxyl groups excluding tert-OH is 1. The molecule has 4 heterocycles. The maximum Gasteiger partial charge on any atom is 0.274 e. The van der Waals surface area contributed by atoms with Crippen LogP contribution >= 0.6 is 11.3 Å². The molecule has 0 radical (unpaired) electrons. The molecule has 9 nitrogen and oxygen atoms in total. The van der Waals surface area contributed by atoms with Crippen molar-refractivity contribution in [2.24, 2.45) is 7.05 Å². The molecule has 10 heteroatoms. The molecule has 1 amide bonds. The molecule has 0 saturated carbocycles. The smallest absolute Gasteiger partial charge is 0.274 e. The summed E-state index contributed by atoms with van der Waals surface area (Å²) in [6.07, 6.45) is 8.71. The molecule has 4 aromatic rings. The Morgan fingerprint density at radius 2 is 1.83 bits per heavy atom. The Hall–Kier alpha value is -4.02. The highest BCUT2D eigenvalue weighted by Crippen LogP contribution is 2.32. The number of piperidine rings is 1. The molecule has 0 unspecified atom stereocenters. The topological polar surface area (TPSA) is 112 Å². The van der Waals surface area contributed by atoms with E-state index in [-0.39, 0.29) is 17.6 Å². The van der Waals surface area contributed by atoms with E-state index in [0.29, 0.717) is 24.3 Å². The van der Waals surface area contributed by atoms with Gasteiger partial charge >= 0.3 is 0 Å². The Balaban J connectivity index is 1.21. The second-order valence-electron chi connectivity index (χ2n) is 11.2. The van der Waals surface area contributed by atoms with Gasteiger partial charge in [0.1, 0.15) is 5.69 Å². The SMILES string of the molecule is Cc1c(NC(=O)c2cc3c(s2)CCCCC3)cccc1-c1cc(Nc2ccc(N3CCC(O)CC3)nn2)c(=O)n(C)c1. The molecule has 1 saturated heterocycles. The third kappa shape index (κ3) is 5.96. The lowest BCUT2D eigenvalue weighted by molar-refractivity contribution is 0.103. The van der Waals surface area contributed by atoms with Gasteiger partial charge in [-0.15, -0.1) is 21.5 Å². The fraction of sp³-hybridized carbons (Fsp3) is 0.375. The molecule has 218 valence electrons. The maximum absolute atomic E-state index is 13.2. The number of aryl methyl sites for hydroxylation is 3. The zero-order valence-corrected chi connectivity index (χ0v) is 24.8. The molecule has 42 heavy (non-hydrogen) atoms. The highest BCUT2D eigenvalue weighted by Gasteiger charge is 2.20. The summed E-state index contributed by atoms with van der Waals surface area (Å²) in [4.78, 5) is 30.5. The van der Waals surface area contributed by atoms with Crippen molar-refractivity contribution in [2.45, 2.75) is 58.0 Å². The zero-order valence-electron chi connectivity index (χ0n) is 24.0. The summed E-state index contributed by atoms with van der Waals surface area (Å²) in [5.74, 6) is 1.14. The molecule has 1 aliphatic heterocycles. The third-order valence-corrected chi connectivity index (χ3v) is 9.48. The first kappa shape index (κ1) is 28.1. The van der Waals surface area contributed by atoms with Gasteiger partial charge in [0, 0.05) is 42.5 Å². The van der Waals surface area contributed by atoms with Crippen molar-refractivity contribution in [2.75, 3.05) is 28.6 Å². The van der Waals surface area contributed by atoms with Crippen molar-refractivity contribution in [1.82, 2.24) is 14.8 Å². The number of rotatable bonds is 6. The molecule has 2 aliphatic rings. The molecule has 0 bridgehead atoms. The lowest BCUT2D eigenvalue weighted by Gasteiger charge is -2.30. The normalized spacial score (nSPS) is 15.6. The quantitative estimate of drug-likeness (QED) is 0.259. The number of nitrogens with one attached hydrogen (secondary N) is 2. The number of carbonyl (C=O) groups excluding carboxylic acids is 1. The van der Waals surface area contributed by atoms with Crippen molar-refractivity contribution in [3.05, 3.63) is 79.9 Å². The Morgan fingerprint density at radius 3 is 2.62 bits per heavy atom. The van der Waals surface area contributed by atoms with E-state index in [4.69, 9.17) is 0 Å². The van der Waals surface area contributed by atoms with Gasteiger partial charge < -0.3 is 25.2 Å². The van der Waals surface area contributed by atoms with Crippen molar-refractivity contribution in [3.63, 3.8) is 0 Å². The lowest BCUT2D eigenvalue weighted by atomic mass is 10.00. The van der Waals surface area contributed by atoms with Gasteiger partial charge in [-0.2, -0.15) is 0 Å². The van der Waals surface area contributed by atoms with E-state index in [1.54, 1.807) is 29.1 Å². The van der Waals surface area contributed by atoms with Crippen molar-refractivity contribution in [1.29, 1.82) is 0 Å². The molecular weight excluding hydrogens is 548 g/mol. The molecular formula is C32H36N6O3S. The van der Waals surface area contributed by atoms with E-state index in [9.17, 15) is 14.7 Å². The summed E-state index contributed by atoms with van der Waals surface area (Å²) in [7, 11) is 1.72. The van der Waals surface area contributed by atoms with Crippen molar-refractivity contribution in [3.8, 4) is 11.1 Å². The molecule has 1 fully saturated rings. The van der Waals surface area contributed by atoms with Gasteiger partial charge in [0.15, 0.2) is 11.6 Å². The number of hydrogen-bond donors (Lipinski definition) is 3. The van der Waals surface area contributed by atoms with Crippen LogP contribution in [0.15, 0.2) is 53.5 Å². The summed E-state index contributed by atoms with van der Waals surface area (Å²) >= 11 is 1.62. The van der Waals surface area contributed by atoms with Gasteiger partial charge in [-0.3, -0.25) is 9.59 Å². The van der Waals surface area contributed by atoms with Crippen LogP contribution in [0.3, 0.4) is 0 Å². The highest BCUT2D eigenvalue weighted by molar-refractivity contribution is 7.14. The van der Waals surface area contributed by atoms with Gasteiger partial charge in [-0.1, -0.05) is 18.6 Å². The number of amides is 1. The molecule has 3 aromatic heterocycles. The van der Waals surface area contributed by atoms with Crippen LogP contribution in [0.2, 0.25) is 0 Å². The number of hydrogen-bond acceptors (Lipinski definition) is 8. The minimum atomic E-state index is -0.255. The van der Waals surface area contributed by atoms with E-state index in [2.05, 4.69) is 31.8 Å². The van der Waals surface area contributed by atoms with Crippen LogP contribution in [-0.2, 0) is 19.9 Å². The highest BCUT2D eigenvalue weighted by atomic mass is 32.1. The van der Waals surface area contributed by atoms with Crippen LogP contribution in [0.25, 0.3) is 11.1 Å². The second kappa shape index (κ2) is 12.1. The lowest BCUT2D eigenvalue weighted by Crippen LogP contribution is -2.36. The van der Waals surface area contributed by atoms with Gasteiger partial charge in [0.05, 0.1) is 11.0 Å². The number of thiophene rings is 1. The Bertz CT molecular complexity index is 1630. The molecule has 0 atom stereocenters. The van der Waals surface area contributed by atoms with Gasteiger partial charge in [0.2, 0.25) is 0 Å². The van der Waals surface area contributed by atoms with Crippen molar-refractivity contribution >= 4 is 40.3 Å². The number of aromatic nitrogens is 3. The average Bonchev–Trinajstić information content (AvgIpc) is 3.27. The minimum absolute atomic E-state index is 0.0844. The van der Waals surface area contributed by atoms with Gasteiger partial charge in [0.25, 0.3) is 11.5 Å². The van der Waals surface area contributed by atoms with E-state index >= 15 is 0 Å². The molecule has 3 N–H and O–H groups in total. The van der Waals surface area contributed by atoms with Crippen molar-refractivity contribution < 1.29 is 9.90 Å². The first-order valence-electron chi connectivity index (χ1n) is 14.6. The predicted molar refractivity (Wildman–Crippen MR) is 168 cm³/mol. The Morgan fingerprint density at radius 1 is 1.02 bits per heavy atom. The molecule has 6 rings (SSSR count). The molecule has 1 aromatic carbocycles. The number of anilines is 4. The maximum atomic E-state index is 13.2. The average molecular weight is 585 g/mol. The van der Waals surface area contributed by atoms with Crippen LogP contribution in [0.4, 0.5) is 23.0 Å². The van der Waals surface area contributed by atoms with Crippen LogP contribution in [0.5, 0.6) is 0 Å². The third-order valence-electron chi connectivity index (χ3n) is 8.25. The first-order valence-corrected chi connectivity index (χ1v) is 15.4. The Kier molecular flexibility index (Phi) is 8.08. The predicted octanol–water partition coefficient (Wildman–Crippen LogP) is 5.44. The van der Waals surface area contributed by atoms with E-state index in [1.807, 2.05) is 43.3 Å². The van der Waals surface area contributed by atoms with Gasteiger partial charge in [-0.05, 0) is 92.5 Å². The summed E-state index contributed by atoms with van der Waals surface area (Å²) in [5.41, 5.74) is 4.94.